The number of hydrogen-bond donors (Lipinski definition) is 1. The third-order valence-corrected chi connectivity index (χ3v) is 4.55. The number of anilines is 1. The van der Waals surface area contributed by atoms with E-state index in [0.29, 0.717) is 34.9 Å². The molecule has 1 aliphatic carbocycles. The predicted molar refractivity (Wildman–Crippen MR) is 119 cm³/mol. The van der Waals surface area contributed by atoms with E-state index in [9.17, 15) is 4.79 Å². The molecular formula is C24H20N4O. The van der Waals surface area contributed by atoms with Crippen molar-refractivity contribution in [1.29, 1.82) is 0 Å². The van der Waals surface area contributed by atoms with Crippen LogP contribution < -0.4 is 5.73 Å². The monoisotopic (exact) mass is 380 g/mol. The smallest absolute Gasteiger partial charge is 0.183 e. The summed E-state index contributed by atoms with van der Waals surface area (Å²) < 4.78 is 0. The second-order valence-corrected chi connectivity index (χ2v) is 6.68. The largest absolute Gasteiger partial charge is 0.397 e. The molecule has 0 unspecified atom stereocenters. The van der Waals surface area contributed by atoms with Gasteiger partial charge in [0, 0.05) is 6.42 Å². The SMILES string of the molecule is Nc1ccccc1N=C1CC(=Nc2ccccc2)C(=O)CC1=Nc1ccccc1. The number of carbonyl (C=O) groups excluding carboxylic acids is 1. The van der Waals surface area contributed by atoms with Gasteiger partial charge in [-0.25, -0.2) is 9.98 Å². The fraction of sp³-hybridized carbons (Fsp3) is 0.0833. The van der Waals surface area contributed by atoms with E-state index in [0.717, 1.165) is 11.4 Å². The van der Waals surface area contributed by atoms with Crippen molar-refractivity contribution in [2.45, 2.75) is 12.8 Å². The molecule has 1 saturated carbocycles. The van der Waals surface area contributed by atoms with Crippen LogP contribution >= 0.6 is 0 Å². The summed E-state index contributed by atoms with van der Waals surface area (Å²) in [6, 6.07) is 26.4. The maximum atomic E-state index is 12.8. The van der Waals surface area contributed by atoms with E-state index >= 15 is 0 Å². The van der Waals surface area contributed by atoms with Gasteiger partial charge in [-0.2, -0.15) is 0 Å². The van der Waals surface area contributed by atoms with Crippen molar-refractivity contribution in [3.63, 3.8) is 0 Å². The van der Waals surface area contributed by atoms with Gasteiger partial charge in [0.05, 0.1) is 46.3 Å². The van der Waals surface area contributed by atoms with Crippen molar-refractivity contribution in [3.05, 3.63) is 84.9 Å². The predicted octanol–water partition coefficient (Wildman–Crippen LogP) is 5.25. The molecule has 0 atom stereocenters. The Labute approximate surface area is 169 Å². The van der Waals surface area contributed by atoms with Crippen LogP contribution in [0.3, 0.4) is 0 Å². The summed E-state index contributed by atoms with van der Waals surface area (Å²) in [6.45, 7) is 0. The molecule has 5 heteroatoms. The van der Waals surface area contributed by atoms with Gasteiger partial charge in [0.25, 0.3) is 0 Å². The lowest BCUT2D eigenvalue weighted by Crippen LogP contribution is -2.33. The van der Waals surface area contributed by atoms with Gasteiger partial charge in [-0.3, -0.25) is 9.79 Å². The number of carbonyl (C=O) groups is 1. The number of rotatable bonds is 3. The summed E-state index contributed by atoms with van der Waals surface area (Å²) in [5.74, 6) is -0.0384. The Hall–Kier alpha value is -3.86. The number of aliphatic imine (C=N–C) groups is 3. The first-order valence-electron chi connectivity index (χ1n) is 9.40. The molecule has 29 heavy (non-hydrogen) atoms. The molecule has 142 valence electrons. The fourth-order valence-corrected chi connectivity index (χ4v) is 3.08. The quantitative estimate of drug-likeness (QED) is 0.630. The van der Waals surface area contributed by atoms with E-state index in [-0.39, 0.29) is 12.2 Å². The van der Waals surface area contributed by atoms with E-state index < -0.39 is 0 Å². The van der Waals surface area contributed by atoms with Gasteiger partial charge in [-0.1, -0.05) is 48.5 Å². The van der Waals surface area contributed by atoms with Crippen LogP contribution in [0, 0.1) is 0 Å². The Bertz CT molecular complexity index is 1120. The number of benzene rings is 3. The Morgan fingerprint density at radius 2 is 1.10 bits per heavy atom. The molecule has 1 fully saturated rings. The molecule has 3 aromatic carbocycles. The van der Waals surface area contributed by atoms with Gasteiger partial charge in [0.1, 0.15) is 0 Å². The average molecular weight is 380 g/mol. The summed E-state index contributed by atoms with van der Waals surface area (Å²) in [5, 5.41) is 0. The van der Waals surface area contributed by atoms with Crippen molar-refractivity contribution in [2.75, 3.05) is 5.73 Å². The highest BCUT2D eigenvalue weighted by Gasteiger charge is 2.27. The number of Topliss-reactive ketones (excluding diaryl/α,β-unsaturated/α-hetero) is 1. The Morgan fingerprint density at radius 1 is 0.586 bits per heavy atom. The molecule has 0 spiro atoms. The lowest BCUT2D eigenvalue weighted by Gasteiger charge is -2.18. The van der Waals surface area contributed by atoms with E-state index in [1.54, 1.807) is 6.07 Å². The van der Waals surface area contributed by atoms with E-state index in [1.165, 1.54) is 0 Å². The topological polar surface area (TPSA) is 80.2 Å². The van der Waals surface area contributed by atoms with Gasteiger partial charge >= 0.3 is 0 Å². The van der Waals surface area contributed by atoms with E-state index in [4.69, 9.17) is 10.7 Å². The number of ketones is 1. The van der Waals surface area contributed by atoms with Gasteiger partial charge in [0.15, 0.2) is 5.78 Å². The Balaban J connectivity index is 1.76. The molecule has 0 heterocycles. The van der Waals surface area contributed by atoms with E-state index in [2.05, 4.69) is 9.98 Å². The van der Waals surface area contributed by atoms with Crippen LogP contribution in [0.5, 0.6) is 0 Å². The Morgan fingerprint density at radius 3 is 1.72 bits per heavy atom. The number of nitrogens with two attached hydrogens (primary N) is 1. The van der Waals surface area contributed by atoms with Crippen molar-refractivity contribution >= 4 is 45.7 Å². The van der Waals surface area contributed by atoms with Gasteiger partial charge in [0.2, 0.25) is 0 Å². The molecule has 2 N–H and O–H groups in total. The maximum absolute atomic E-state index is 12.8. The summed E-state index contributed by atoms with van der Waals surface area (Å²) in [6.07, 6.45) is 0.472. The molecule has 3 aromatic rings. The Kier molecular flexibility index (Phi) is 5.38. The molecule has 0 radical (unpaired) electrons. The summed E-state index contributed by atoms with van der Waals surface area (Å²) in [4.78, 5) is 26.8. The first-order chi connectivity index (χ1) is 14.2. The highest BCUT2D eigenvalue weighted by atomic mass is 16.1. The van der Waals surface area contributed by atoms with Crippen molar-refractivity contribution in [1.82, 2.24) is 0 Å². The molecule has 1 aliphatic rings. The normalized spacial score (nSPS) is 18.5. The van der Waals surface area contributed by atoms with Crippen LogP contribution in [0.4, 0.5) is 22.7 Å². The second-order valence-electron chi connectivity index (χ2n) is 6.68. The van der Waals surface area contributed by atoms with Gasteiger partial charge < -0.3 is 5.73 Å². The highest BCUT2D eigenvalue weighted by Crippen LogP contribution is 2.25. The number of hydrogen-bond acceptors (Lipinski definition) is 5. The minimum absolute atomic E-state index is 0.0384. The minimum atomic E-state index is -0.0384. The molecule has 5 nitrogen and oxygen atoms in total. The second kappa shape index (κ2) is 8.44. The molecule has 0 amide bonds. The molecule has 0 aromatic heterocycles. The van der Waals surface area contributed by atoms with Crippen molar-refractivity contribution < 1.29 is 4.79 Å². The van der Waals surface area contributed by atoms with Crippen LogP contribution in [0.2, 0.25) is 0 Å². The van der Waals surface area contributed by atoms with Crippen LogP contribution in [0.1, 0.15) is 12.8 Å². The minimum Gasteiger partial charge on any atom is -0.397 e. The maximum Gasteiger partial charge on any atom is 0.183 e. The van der Waals surface area contributed by atoms with Gasteiger partial charge in [-0.15, -0.1) is 0 Å². The molecule has 0 saturated heterocycles. The molecular weight excluding hydrogens is 360 g/mol. The first kappa shape index (κ1) is 18.5. The van der Waals surface area contributed by atoms with E-state index in [1.807, 2.05) is 78.9 Å². The zero-order chi connectivity index (χ0) is 20.1. The van der Waals surface area contributed by atoms with Crippen LogP contribution in [-0.2, 0) is 4.79 Å². The lowest BCUT2D eigenvalue weighted by atomic mass is 9.92. The van der Waals surface area contributed by atoms with Crippen molar-refractivity contribution in [2.24, 2.45) is 15.0 Å². The number of nitrogen functional groups attached to an aromatic ring is 1. The van der Waals surface area contributed by atoms with Crippen LogP contribution in [0.15, 0.2) is 99.9 Å². The third-order valence-electron chi connectivity index (χ3n) is 4.55. The van der Waals surface area contributed by atoms with Crippen LogP contribution in [0.25, 0.3) is 0 Å². The zero-order valence-corrected chi connectivity index (χ0v) is 15.8. The molecule has 0 bridgehead atoms. The molecule has 4 rings (SSSR count). The summed E-state index contributed by atoms with van der Waals surface area (Å²) in [7, 11) is 0. The third kappa shape index (κ3) is 4.52. The average Bonchev–Trinajstić information content (AvgIpc) is 2.74. The molecule has 0 aliphatic heterocycles. The first-order valence-corrected chi connectivity index (χ1v) is 9.40. The standard InChI is InChI=1S/C24H20N4O/c25-19-13-7-8-14-20(19)28-21-15-23(27-18-11-5-2-6-12-18)24(29)16-22(21)26-17-9-3-1-4-10-17/h1-14H,15-16,25H2. The van der Waals surface area contributed by atoms with Gasteiger partial charge in [-0.05, 0) is 36.4 Å². The van der Waals surface area contributed by atoms with Crippen molar-refractivity contribution in [3.8, 4) is 0 Å². The van der Waals surface area contributed by atoms with Crippen LogP contribution in [-0.4, -0.2) is 22.9 Å². The summed E-state index contributed by atoms with van der Waals surface area (Å²) in [5.41, 5.74) is 10.7. The zero-order valence-electron chi connectivity index (χ0n) is 15.8. The number of nitrogens with zero attached hydrogens (tertiary/aromatic N) is 3. The number of para-hydroxylation sites is 4. The summed E-state index contributed by atoms with van der Waals surface area (Å²) >= 11 is 0. The lowest BCUT2D eigenvalue weighted by molar-refractivity contribution is -0.112. The fourth-order valence-electron chi connectivity index (χ4n) is 3.08. The highest BCUT2D eigenvalue weighted by molar-refractivity contribution is 6.62.